The number of halogens is 1. The Morgan fingerprint density at radius 3 is 2.38 bits per heavy atom. The van der Waals surface area contributed by atoms with Gasteiger partial charge in [-0.25, -0.2) is 32.7 Å². The Balaban J connectivity index is 1.30. The summed E-state index contributed by atoms with van der Waals surface area (Å²) >= 11 is 4.92. The third-order valence-electron chi connectivity index (χ3n) is 6.32. The van der Waals surface area contributed by atoms with E-state index in [4.69, 9.17) is 21.7 Å². The molecule has 0 saturated carbocycles. The summed E-state index contributed by atoms with van der Waals surface area (Å²) in [5, 5.41) is 3.02. The van der Waals surface area contributed by atoms with Gasteiger partial charge in [0, 0.05) is 25.5 Å². The second kappa shape index (κ2) is 10.0. The van der Waals surface area contributed by atoms with E-state index in [-0.39, 0.29) is 31.4 Å². The summed E-state index contributed by atoms with van der Waals surface area (Å²) in [6.07, 6.45) is 1.97. The molecule has 14 heteroatoms. The summed E-state index contributed by atoms with van der Waals surface area (Å²) in [7, 11) is 1.44. The van der Waals surface area contributed by atoms with E-state index in [0.717, 1.165) is 4.57 Å². The molecule has 1 atom stereocenters. The third kappa shape index (κ3) is 4.67. The van der Waals surface area contributed by atoms with E-state index in [9.17, 15) is 14.4 Å². The Bertz CT molecular complexity index is 1410. The van der Waals surface area contributed by atoms with Crippen LogP contribution in [0, 0.1) is 5.82 Å². The average Bonchev–Trinajstić information content (AvgIpc) is 3.27. The minimum Gasteiger partial charge on any atom is -0.474 e. The van der Waals surface area contributed by atoms with Gasteiger partial charge in [-0.15, -0.1) is 0 Å². The molecule has 4 heterocycles. The molecule has 12 nitrogen and oxygen atoms in total. The standard InChI is InChI=1S/C23H24FN7O5S/c1-35-20(37)26-13-17-14-28(23(34)36-17)16-2-3-19(18(24)12-16)27-8-10-29-21(32)31(15-4-6-25-7-5-15)22(33)30(29)11-9-27/h2-7,12,17H,8-11,13-14H2,1H3,(H,26,37)/t17-/m0/s1. The zero-order valence-electron chi connectivity index (χ0n) is 19.9. The lowest BCUT2D eigenvalue weighted by Gasteiger charge is -2.23. The van der Waals surface area contributed by atoms with Crippen LogP contribution in [-0.2, 0) is 22.6 Å². The van der Waals surface area contributed by atoms with Crippen molar-refractivity contribution in [1.82, 2.24) is 24.2 Å². The molecule has 0 unspecified atom stereocenters. The highest BCUT2D eigenvalue weighted by molar-refractivity contribution is 7.80. The van der Waals surface area contributed by atoms with Gasteiger partial charge in [0.05, 0.1) is 50.4 Å². The predicted octanol–water partition coefficient (Wildman–Crippen LogP) is 0.701. The highest BCUT2D eigenvalue weighted by Crippen LogP contribution is 2.28. The number of carbonyl (C=O) groups excluding carboxylic acids is 1. The molecule has 37 heavy (non-hydrogen) atoms. The molecule has 5 rings (SSSR count). The minimum atomic E-state index is -0.582. The van der Waals surface area contributed by atoms with E-state index >= 15 is 4.39 Å². The summed E-state index contributed by atoms with van der Waals surface area (Å²) in [5.74, 6) is -0.527. The van der Waals surface area contributed by atoms with Gasteiger partial charge in [-0.1, -0.05) is 0 Å². The molecule has 1 N–H and O–H groups in total. The van der Waals surface area contributed by atoms with E-state index in [1.54, 1.807) is 29.2 Å². The van der Waals surface area contributed by atoms with Crippen molar-refractivity contribution in [1.29, 1.82) is 0 Å². The van der Waals surface area contributed by atoms with Crippen molar-refractivity contribution in [3.05, 3.63) is 69.5 Å². The van der Waals surface area contributed by atoms with Crippen LogP contribution in [0.3, 0.4) is 0 Å². The van der Waals surface area contributed by atoms with Crippen molar-refractivity contribution in [3.8, 4) is 5.69 Å². The van der Waals surface area contributed by atoms with Crippen LogP contribution in [0.15, 0.2) is 52.3 Å². The topological polar surface area (TPSA) is 116 Å². The fourth-order valence-corrected chi connectivity index (χ4v) is 4.56. The van der Waals surface area contributed by atoms with E-state index in [1.165, 1.54) is 39.8 Å². The van der Waals surface area contributed by atoms with Crippen LogP contribution >= 0.6 is 12.2 Å². The van der Waals surface area contributed by atoms with Gasteiger partial charge in [0.25, 0.3) is 5.17 Å². The van der Waals surface area contributed by atoms with Crippen molar-refractivity contribution < 1.29 is 18.7 Å². The van der Waals surface area contributed by atoms with Crippen molar-refractivity contribution in [2.24, 2.45) is 0 Å². The first-order valence-electron chi connectivity index (χ1n) is 11.5. The lowest BCUT2D eigenvalue weighted by Crippen LogP contribution is -2.34. The number of cyclic esters (lactones) is 1. The summed E-state index contributed by atoms with van der Waals surface area (Å²) in [6, 6.07) is 7.69. The molecule has 2 aliphatic rings. The number of ether oxygens (including phenoxy) is 2. The second-order valence-electron chi connectivity index (χ2n) is 8.46. The Morgan fingerprint density at radius 1 is 1.08 bits per heavy atom. The van der Waals surface area contributed by atoms with Gasteiger partial charge in [-0.05, 0) is 42.5 Å². The number of nitrogens with zero attached hydrogens (tertiary/aromatic N) is 6. The van der Waals surface area contributed by atoms with Crippen molar-refractivity contribution in [2.75, 3.05) is 43.1 Å². The maximum Gasteiger partial charge on any atom is 0.414 e. The van der Waals surface area contributed by atoms with Crippen molar-refractivity contribution in [2.45, 2.75) is 19.2 Å². The number of thiocarbonyl (C=S) groups is 1. The number of hydrogen-bond donors (Lipinski definition) is 1. The van der Waals surface area contributed by atoms with Gasteiger partial charge >= 0.3 is 17.5 Å². The number of carbonyl (C=O) groups is 1. The molecule has 0 aliphatic carbocycles. The van der Waals surface area contributed by atoms with Crippen LogP contribution < -0.4 is 26.5 Å². The number of nitrogens with one attached hydrogen (secondary N) is 1. The zero-order chi connectivity index (χ0) is 26.1. The number of pyridine rings is 1. The van der Waals surface area contributed by atoms with Crippen molar-refractivity contribution >= 4 is 34.9 Å². The molecule has 2 aliphatic heterocycles. The first-order valence-corrected chi connectivity index (χ1v) is 12.0. The summed E-state index contributed by atoms with van der Waals surface area (Å²) in [6.45, 7) is 1.52. The highest BCUT2D eigenvalue weighted by Gasteiger charge is 2.33. The third-order valence-corrected chi connectivity index (χ3v) is 6.63. The fraction of sp³-hybridized carbons (Fsp3) is 0.348. The van der Waals surface area contributed by atoms with Crippen LogP contribution in [0.4, 0.5) is 20.6 Å². The number of rotatable bonds is 5. The van der Waals surface area contributed by atoms with Crippen LogP contribution in [-0.4, -0.2) is 69.6 Å². The molecule has 1 amide bonds. The lowest BCUT2D eigenvalue weighted by molar-refractivity contribution is 0.142. The zero-order valence-corrected chi connectivity index (χ0v) is 20.7. The number of fused-ring (bicyclic) bond motifs is 1. The quantitative estimate of drug-likeness (QED) is 0.477. The van der Waals surface area contributed by atoms with E-state index in [0.29, 0.717) is 30.2 Å². The van der Waals surface area contributed by atoms with Crippen LogP contribution in [0.2, 0.25) is 0 Å². The van der Waals surface area contributed by atoms with Crippen LogP contribution in [0.25, 0.3) is 5.69 Å². The first kappa shape index (κ1) is 24.5. The van der Waals surface area contributed by atoms with Gasteiger partial charge in [-0.3, -0.25) is 9.88 Å². The Hall–Kier alpha value is -4.20. The molecule has 1 aromatic carbocycles. The molecule has 1 fully saturated rings. The Kier molecular flexibility index (Phi) is 6.65. The lowest BCUT2D eigenvalue weighted by atomic mass is 10.2. The van der Waals surface area contributed by atoms with E-state index in [2.05, 4.69) is 10.3 Å². The predicted molar refractivity (Wildman–Crippen MR) is 136 cm³/mol. The Morgan fingerprint density at radius 2 is 1.76 bits per heavy atom. The Labute approximate surface area is 215 Å². The molecule has 194 valence electrons. The van der Waals surface area contributed by atoms with Gasteiger partial charge < -0.3 is 19.7 Å². The summed E-state index contributed by atoms with van der Waals surface area (Å²) in [5.41, 5.74) is 0.193. The van der Waals surface area contributed by atoms with Gasteiger partial charge in [0.2, 0.25) is 0 Å². The minimum absolute atomic E-state index is 0.188. The molecule has 0 bridgehead atoms. The summed E-state index contributed by atoms with van der Waals surface area (Å²) < 4.78 is 29.3. The van der Waals surface area contributed by atoms with E-state index in [1.807, 2.05) is 0 Å². The molecule has 0 spiro atoms. The number of anilines is 2. The maximum absolute atomic E-state index is 15.2. The van der Waals surface area contributed by atoms with Gasteiger partial charge in [0.1, 0.15) is 11.9 Å². The summed E-state index contributed by atoms with van der Waals surface area (Å²) in [4.78, 5) is 45.3. The largest absolute Gasteiger partial charge is 0.474 e. The average molecular weight is 530 g/mol. The highest BCUT2D eigenvalue weighted by atomic mass is 32.1. The monoisotopic (exact) mass is 529 g/mol. The van der Waals surface area contributed by atoms with Gasteiger partial charge in [-0.2, -0.15) is 0 Å². The second-order valence-corrected chi connectivity index (χ2v) is 8.83. The molecule has 3 aromatic rings. The number of amides is 1. The number of benzene rings is 1. The van der Waals surface area contributed by atoms with E-state index < -0.39 is 29.4 Å². The van der Waals surface area contributed by atoms with Gasteiger partial charge in [0.15, 0.2) is 0 Å². The fourth-order valence-electron chi connectivity index (χ4n) is 4.48. The van der Waals surface area contributed by atoms with Crippen molar-refractivity contribution in [3.63, 3.8) is 0 Å². The first-order chi connectivity index (χ1) is 17.9. The SMILES string of the molecule is COC(=S)NC[C@H]1CN(c2ccc(N3CCn4c(=O)n(-c5ccncc5)c(=O)n4CC3)c(F)c2)C(=O)O1. The smallest absolute Gasteiger partial charge is 0.414 e. The van der Waals surface area contributed by atoms with Crippen LogP contribution in [0.5, 0.6) is 0 Å². The number of methoxy groups -OCH3 is 1. The molecular weight excluding hydrogens is 505 g/mol. The number of hydrogen-bond acceptors (Lipinski definition) is 8. The van der Waals surface area contributed by atoms with Crippen LogP contribution in [0.1, 0.15) is 0 Å². The molecule has 2 aromatic heterocycles. The molecular formula is C23H24FN7O5S. The molecule has 1 saturated heterocycles. The normalized spacial score (nSPS) is 17.2. The number of aromatic nitrogens is 4. The maximum atomic E-state index is 15.2. The molecule has 0 radical (unpaired) electrons.